The van der Waals surface area contributed by atoms with Crippen molar-refractivity contribution in [3.05, 3.63) is 29.7 Å². The molecule has 2 aromatic heterocycles. The quantitative estimate of drug-likeness (QED) is 0.875. The smallest absolute Gasteiger partial charge is 0.388 e. The first-order chi connectivity index (χ1) is 9.97. The number of nitrogens with zero attached hydrogens (tertiary/aromatic N) is 6. The second-order valence-corrected chi connectivity index (χ2v) is 4.50. The predicted octanol–water partition coefficient (Wildman–Crippen LogP) is 0.599. The number of rotatable bonds is 2. The van der Waals surface area contributed by atoms with Crippen LogP contribution < -0.4 is 4.90 Å². The molecule has 0 saturated carbocycles. The van der Waals surface area contributed by atoms with Gasteiger partial charge in [0.15, 0.2) is 11.5 Å². The lowest BCUT2D eigenvalue weighted by atomic mass is 10.3. The van der Waals surface area contributed by atoms with Crippen LogP contribution in [0.5, 0.6) is 0 Å². The Morgan fingerprint density at radius 1 is 1.19 bits per heavy atom. The number of halogens is 3. The van der Waals surface area contributed by atoms with E-state index in [1.54, 1.807) is 9.58 Å². The average Bonchev–Trinajstić information content (AvgIpc) is 2.88. The first-order valence-corrected chi connectivity index (χ1v) is 6.15. The van der Waals surface area contributed by atoms with Crippen LogP contribution in [0.15, 0.2) is 12.4 Å². The fourth-order valence-electron chi connectivity index (χ4n) is 2.08. The number of fused-ring (bicyclic) bond motifs is 1. The summed E-state index contributed by atoms with van der Waals surface area (Å²) in [6, 6.07) is 0. The standard InChI is InChI=1S/C11H11F3N6O/c12-11(13,14)7-3-16-9(4-15-7)19-1-2-20-10(5-19)17-8(6-21)18-20/h3-4,21H,1-2,5-6H2. The SMILES string of the molecule is OCc1nc2n(n1)CCN(c1cnc(C(F)(F)F)cn1)C2. The summed E-state index contributed by atoms with van der Waals surface area (Å²) in [5.74, 6) is 1.31. The summed E-state index contributed by atoms with van der Waals surface area (Å²) in [5, 5.41) is 13.1. The molecule has 2 aromatic rings. The molecule has 21 heavy (non-hydrogen) atoms. The van der Waals surface area contributed by atoms with E-state index >= 15 is 0 Å². The van der Waals surface area contributed by atoms with Gasteiger partial charge in [0, 0.05) is 6.54 Å². The van der Waals surface area contributed by atoms with Crippen molar-refractivity contribution >= 4 is 5.82 Å². The third kappa shape index (κ3) is 2.66. The molecule has 1 aliphatic rings. The number of alkyl halides is 3. The van der Waals surface area contributed by atoms with E-state index < -0.39 is 11.9 Å². The van der Waals surface area contributed by atoms with E-state index in [9.17, 15) is 13.2 Å². The molecule has 0 unspecified atom stereocenters. The molecule has 7 nitrogen and oxygen atoms in total. The molecule has 112 valence electrons. The van der Waals surface area contributed by atoms with E-state index in [4.69, 9.17) is 5.11 Å². The zero-order chi connectivity index (χ0) is 15.0. The van der Waals surface area contributed by atoms with Gasteiger partial charge in [0.2, 0.25) is 0 Å². The largest absolute Gasteiger partial charge is 0.434 e. The number of anilines is 1. The summed E-state index contributed by atoms with van der Waals surface area (Å²) < 4.78 is 39.0. The van der Waals surface area contributed by atoms with Crippen LogP contribution in [-0.4, -0.2) is 36.4 Å². The lowest BCUT2D eigenvalue weighted by molar-refractivity contribution is -0.141. The highest BCUT2D eigenvalue weighted by atomic mass is 19.4. The van der Waals surface area contributed by atoms with Crippen molar-refractivity contribution in [3.63, 3.8) is 0 Å². The number of hydrogen-bond donors (Lipinski definition) is 1. The number of aromatic nitrogens is 5. The van der Waals surface area contributed by atoms with Crippen LogP contribution in [0.2, 0.25) is 0 Å². The Hall–Kier alpha value is -2.23. The van der Waals surface area contributed by atoms with Crippen LogP contribution in [0.25, 0.3) is 0 Å². The van der Waals surface area contributed by atoms with Crippen LogP contribution in [0.3, 0.4) is 0 Å². The van der Waals surface area contributed by atoms with E-state index in [2.05, 4.69) is 20.1 Å². The van der Waals surface area contributed by atoms with Gasteiger partial charge in [-0.3, -0.25) is 0 Å². The number of aliphatic hydroxyl groups excluding tert-OH is 1. The summed E-state index contributed by atoms with van der Waals surface area (Å²) >= 11 is 0. The Labute approximate surface area is 117 Å². The Balaban J connectivity index is 1.79. The lowest BCUT2D eigenvalue weighted by Gasteiger charge is -2.27. The van der Waals surface area contributed by atoms with Crippen LogP contribution in [0.4, 0.5) is 19.0 Å². The molecule has 3 rings (SSSR count). The van der Waals surface area contributed by atoms with Crippen molar-refractivity contribution in [2.45, 2.75) is 25.9 Å². The highest BCUT2D eigenvalue weighted by molar-refractivity contribution is 5.37. The minimum Gasteiger partial charge on any atom is -0.388 e. The van der Waals surface area contributed by atoms with E-state index in [1.165, 1.54) is 0 Å². The molecule has 0 aromatic carbocycles. The summed E-state index contributed by atoms with van der Waals surface area (Å²) in [7, 11) is 0. The monoisotopic (exact) mass is 300 g/mol. The molecule has 0 bridgehead atoms. The predicted molar refractivity (Wildman–Crippen MR) is 64.0 cm³/mol. The molecule has 3 heterocycles. The molecular formula is C11H11F3N6O. The van der Waals surface area contributed by atoms with Crippen molar-refractivity contribution in [2.75, 3.05) is 11.4 Å². The van der Waals surface area contributed by atoms with Gasteiger partial charge in [0.25, 0.3) is 0 Å². The van der Waals surface area contributed by atoms with Gasteiger partial charge in [-0.2, -0.15) is 18.3 Å². The maximum Gasteiger partial charge on any atom is 0.434 e. The first-order valence-electron chi connectivity index (χ1n) is 6.15. The molecule has 0 saturated heterocycles. The molecule has 1 aliphatic heterocycles. The zero-order valence-electron chi connectivity index (χ0n) is 10.7. The molecule has 0 radical (unpaired) electrons. The molecule has 0 atom stereocenters. The van der Waals surface area contributed by atoms with E-state index in [0.29, 0.717) is 43.3 Å². The highest BCUT2D eigenvalue weighted by Crippen LogP contribution is 2.27. The van der Waals surface area contributed by atoms with E-state index in [-0.39, 0.29) is 6.61 Å². The third-order valence-corrected chi connectivity index (χ3v) is 3.10. The average molecular weight is 300 g/mol. The van der Waals surface area contributed by atoms with Crippen molar-refractivity contribution in [3.8, 4) is 0 Å². The minimum atomic E-state index is -4.50. The van der Waals surface area contributed by atoms with Crippen molar-refractivity contribution < 1.29 is 18.3 Å². The molecule has 0 spiro atoms. The topological polar surface area (TPSA) is 80.0 Å². The maximum atomic E-state index is 12.4. The van der Waals surface area contributed by atoms with Crippen LogP contribution in [0, 0.1) is 0 Å². The van der Waals surface area contributed by atoms with E-state index in [0.717, 1.165) is 6.20 Å². The molecular weight excluding hydrogens is 289 g/mol. The van der Waals surface area contributed by atoms with Gasteiger partial charge in [-0.1, -0.05) is 0 Å². The van der Waals surface area contributed by atoms with Gasteiger partial charge < -0.3 is 10.0 Å². The third-order valence-electron chi connectivity index (χ3n) is 3.10. The fourth-order valence-corrected chi connectivity index (χ4v) is 2.08. The van der Waals surface area contributed by atoms with Crippen LogP contribution >= 0.6 is 0 Å². The summed E-state index contributed by atoms with van der Waals surface area (Å²) in [6.45, 7) is 1.15. The van der Waals surface area contributed by atoms with Gasteiger partial charge in [-0.15, -0.1) is 0 Å². The van der Waals surface area contributed by atoms with Crippen molar-refractivity contribution in [2.24, 2.45) is 0 Å². The molecule has 0 fully saturated rings. The van der Waals surface area contributed by atoms with Crippen molar-refractivity contribution in [1.82, 2.24) is 24.7 Å². The van der Waals surface area contributed by atoms with Crippen LogP contribution in [-0.2, 0) is 25.9 Å². The van der Waals surface area contributed by atoms with Gasteiger partial charge in [-0.25, -0.2) is 19.6 Å². The van der Waals surface area contributed by atoms with Gasteiger partial charge in [0.05, 0.1) is 25.5 Å². The maximum absolute atomic E-state index is 12.4. The van der Waals surface area contributed by atoms with Gasteiger partial charge in [0.1, 0.15) is 18.2 Å². The lowest BCUT2D eigenvalue weighted by Crippen LogP contribution is -2.35. The Kier molecular flexibility index (Phi) is 3.24. The van der Waals surface area contributed by atoms with E-state index in [1.807, 2.05) is 0 Å². The summed E-state index contributed by atoms with van der Waals surface area (Å²) in [4.78, 5) is 13.1. The van der Waals surface area contributed by atoms with Gasteiger partial charge in [-0.05, 0) is 0 Å². The summed E-state index contributed by atoms with van der Waals surface area (Å²) in [5.41, 5.74) is -1.02. The number of aliphatic hydroxyl groups is 1. The van der Waals surface area contributed by atoms with Crippen molar-refractivity contribution in [1.29, 1.82) is 0 Å². The van der Waals surface area contributed by atoms with Gasteiger partial charge >= 0.3 is 6.18 Å². The molecule has 1 N–H and O–H groups in total. The first kappa shape index (κ1) is 13.7. The Morgan fingerprint density at radius 3 is 2.62 bits per heavy atom. The normalized spacial score (nSPS) is 15.1. The second-order valence-electron chi connectivity index (χ2n) is 4.50. The molecule has 0 aliphatic carbocycles. The Bertz CT molecular complexity index is 638. The second kappa shape index (κ2) is 4.95. The van der Waals surface area contributed by atoms with Crippen LogP contribution in [0.1, 0.15) is 17.3 Å². The highest BCUT2D eigenvalue weighted by Gasteiger charge is 2.33. The number of hydrogen-bond acceptors (Lipinski definition) is 6. The summed E-state index contributed by atoms with van der Waals surface area (Å²) in [6.07, 6.45) is -2.68. The minimum absolute atomic E-state index is 0.250. The Morgan fingerprint density at radius 2 is 2.00 bits per heavy atom. The fraction of sp³-hybridized carbons (Fsp3) is 0.455. The zero-order valence-corrected chi connectivity index (χ0v) is 10.7. The molecule has 10 heteroatoms. The molecule has 0 amide bonds.